The highest BCUT2D eigenvalue weighted by Gasteiger charge is 2.30. The molecule has 1 aromatic heterocycles. The number of nitrogens with zero attached hydrogens (tertiary/aromatic N) is 2. The molecule has 9 heteroatoms. The van der Waals surface area contributed by atoms with E-state index in [9.17, 15) is 13.2 Å². The number of nitrogens with one attached hydrogen (secondary N) is 2. The molecular formula is C19H23ClN4O3S. The maximum atomic E-state index is 13.0. The van der Waals surface area contributed by atoms with Gasteiger partial charge in [0.05, 0.1) is 10.9 Å². The molecule has 2 aliphatic rings. The summed E-state index contributed by atoms with van der Waals surface area (Å²) in [5.74, 6) is -0.107. The lowest BCUT2D eigenvalue weighted by atomic mass is 10.0. The van der Waals surface area contributed by atoms with E-state index in [4.69, 9.17) is 0 Å². The molecule has 0 radical (unpaired) electrons. The molecule has 1 unspecified atom stereocenters. The Kier molecular flexibility index (Phi) is 6.34. The van der Waals surface area contributed by atoms with Crippen molar-refractivity contribution in [1.29, 1.82) is 0 Å². The molecule has 2 fully saturated rings. The summed E-state index contributed by atoms with van der Waals surface area (Å²) in [6.45, 7) is 1.97. The van der Waals surface area contributed by atoms with Crippen LogP contribution in [0.2, 0.25) is 0 Å². The van der Waals surface area contributed by atoms with Crippen LogP contribution in [0.5, 0.6) is 0 Å². The fourth-order valence-electron chi connectivity index (χ4n) is 3.25. The summed E-state index contributed by atoms with van der Waals surface area (Å²) in [5, 5.41) is 3.31. The number of aromatic nitrogens is 1. The van der Waals surface area contributed by atoms with Gasteiger partial charge in [-0.15, -0.1) is 12.4 Å². The van der Waals surface area contributed by atoms with E-state index in [1.807, 2.05) is 17.0 Å². The van der Waals surface area contributed by atoms with Gasteiger partial charge in [-0.3, -0.25) is 9.78 Å². The van der Waals surface area contributed by atoms with Crippen molar-refractivity contribution in [3.8, 4) is 0 Å². The Labute approximate surface area is 171 Å². The molecule has 2 N–H and O–H groups in total. The number of hydrogen-bond acceptors (Lipinski definition) is 5. The third-order valence-electron chi connectivity index (χ3n) is 4.88. The minimum atomic E-state index is -3.51. The molecule has 4 rings (SSSR count). The van der Waals surface area contributed by atoms with Gasteiger partial charge < -0.3 is 10.2 Å². The molecule has 0 bridgehead atoms. The summed E-state index contributed by atoms with van der Waals surface area (Å²) in [4.78, 5) is 19.2. The summed E-state index contributed by atoms with van der Waals surface area (Å²) < 4.78 is 27.2. The number of pyridine rings is 1. The Morgan fingerprint density at radius 2 is 1.93 bits per heavy atom. The maximum absolute atomic E-state index is 13.0. The van der Waals surface area contributed by atoms with Gasteiger partial charge in [0.1, 0.15) is 0 Å². The largest absolute Gasteiger partial charge is 0.329 e. The van der Waals surface area contributed by atoms with E-state index in [1.54, 1.807) is 24.5 Å². The van der Waals surface area contributed by atoms with Gasteiger partial charge in [0.25, 0.3) is 5.91 Å². The molecule has 1 saturated heterocycles. The van der Waals surface area contributed by atoms with Gasteiger partial charge in [-0.25, -0.2) is 13.1 Å². The summed E-state index contributed by atoms with van der Waals surface area (Å²) in [7, 11) is -3.51. The van der Waals surface area contributed by atoms with Crippen molar-refractivity contribution in [3.63, 3.8) is 0 Å². The van der Waals surface area contributed by atoms with Crippen LogP contribution >= 0.6 is 12.4 Å². The lowest BCUT2D eigenvalue weighted by Gasteiger charge is -2.36. The van der Waals surface area contributed by atoms with Gasteiger partial charge in [-0.1, -0.05) is 6.07 Å². The van der Waals surface area contributed by atoms with Crippen molar-refractivity contribution in [2.45, 2.75) is 29.8 Å². The maximum Gasteiger partial charge on any atom is 0.254 e. The minimum absolute atomic E-state index is 0. The fraction of sp³-hybridized carbons (Fsp3) is 0.368. The summed E-state index contributed by atoms with van der Waals surface area (Å²) in [5.41, 5.74) is 1.46. The third kappa shape index (κ3) is 4.52. The monoisotopic (exact) mass is 422 g/mol. The highest BCUT2D eigenvalue weighted by atomic mass is 35.5. The quantitative estimate of drug-likeness (QED) is 0.765. The predicted octanol–water partition coefficient (Wildman–Crippen LogP) is 1.73. The Morgan fingerprint density at radius 3 is 2.57 bits per heavy atom. The van der Waals surface area contributed by atoms with Crippen molar-refractivity contribution >= 4 is 28.3 Å². The molecule has 1 aliphatic heterocycles. The Balaban J connectivity index is 0.00000225. The number of piperazine rings is 1. The molecule has 2 aromatic rings. The average Bonchev–Trinajstić information content (AvgIpc) is 3.51. The number of sulfonamides is 1. The fourth-order valence-corrected chi connectivity index (χ4v) is 4.55. The molecule has 0 spiro atoms. The smallest absolute Gasteiger partial charge is 0.254 e. The lowest BCUT2D eigenvalue weighted by Crippen LogP contribution is -2.48. The molecule has 1 saturated carbocycles. The van der Waals surface area contributed by atoms with E-state index in [-0.39, 0.29) is 35.3 Å². The van der Waals surface area contributed by atoms with E-state index in [0.29, 0.717) is 18.7 Å². The van der Waals surface area contributed by atoms with Crippen LogP contribution in [0.4, 0.5) is 0 Å². The summed E-state index contributed by atoms with van der Waals surface area (Å²) >= 11 is 0. The zero-order valence-electron chi connectivity index (χ0n) is 15.2. The standard InChI is InChI=1S/C19H22N4O3S.ClH/c24-19(23-11-10-21-13-18(23)15-2-1-9-20-12-15)14-3-7-17(8-4-14)27(25,26)22-16-5-6-16;/h1-4,7-9,12,16,18,21-22H,5-6,10-11,13H2;1H. The number of hydrogen-bond donors (Lipinski definition) is 2. The van der Waals surface area contributed by atoms with E-state index < -0.39 is 10.0 Å². The second kappa shape index (κ2) is 8.57. The SMILES string of the molecule is Cl.O=C(c1ccc(S(=O)(=O)NC2CC2)cc1)N1CCNCC1c1cccnc1. The first-order valence-corrected chi connectivity index (χ1v) is 10.6. The van der Waals surface area contributed by atoms with Crippen molar-refractivity contribution < 1.29 is 13.2 Å². The average molecular weight is 423 g/mol. The predicted molar refractivity (Wildman–Crippen MR) is 108 cm³/mol. The Morgan fingerprint density at radius 1 is 1.18 bits per heavy atom. The van der Waals surface area contributed by atoms with Gasteiger partial charge in [-0.05, 0) is 48.7 Å². The number of carbonyl (C=O) groups is 1. The molecule has 1 aliphatic carbocycles. The second-order valence-electron chi connectivity index (χ2n) is 6.92. The summed E-state index contributed by atoms with van der Waals surface area (Å²) in [6, 6.07) is 9.96. The van der Waals surface area contributed by atoms with Crippen molar-refractivity contribution in [3.05, 3.63) is 59.9 Å². The highest BCUT2D eigenvalue weighted by Crippen LogP contribution is 2.25. The Bertz CT molecular complexity index is 918. The van der Waals surface area contributed by atoms with Crippen LogP contribution in [0.3, 0.4) is 0 Å². The highest BCUT2D eigenvalue weighted by molar-refractivity contribution is 7.89. The van der Waals surface area contributed by atoms with Gasteiger partial charge in [0.15, 0.2) is 0 Å². The van der Waals surface area contributed by atoms with Crippen LogP contribution in [-0.4, -0.2) is 49.9 Å². The first kappa shape index (κ1) is 20.7. The summed E-state index contributed by atoms with van der Waals surface area (Å²) in [6.07, 6.45) is 5.25. The van der Waals surface area contributed by atoms with E-state index in [0.717, 1.165) is 24.9 Å². The lowest BCUT2D eigenvalue weighted by molar-refractivity contribution is 0.0634. The normalized spacial score (nSPS) is 19.7. The molecule has 1 amide bonds. The van der Waals surface area contributed by atoms with Crippen molar-refractivity contribution in [2.75, 3.05) is 19.6 Å². The van der Waals surface area contributed by atoms with Gasteiger partial charge >= 0.3 is 0 Å². The zero-order chi connectivity index (χ0) is 18.9. The number of carbonyl (C=O) groups excluding carboxylic acids is 1. The molecule has 1 aromatic carbocycles. The first-order valence-electron chi connectivity index (χ1n) is 9.08. The van der Waals surface area contributed by atoms with Crippen LogP contribution in [-0.2, 0) is 10.0 Å². The zero-order valence-corrected chi connectivity index (χ0v) is 16.9. The van der Waals surface area contributed by atoms with Crippen LogP contribution in [0.1, 0.15) is 34.8 Å². The van der Waals surface area contributed by atoms with E-state index >= 15 is 0 Å². The van der Waals surface area contributed by atoms with Gasteiger partial charge in [0, 0.05) is 43.6 Å². The van der Waals surface area contributed by atoms with Crippen molar-refractivity contribution in [2.24, 2.45) is 0 Å². The van der Waals surface area contributed by atoms with Crippen LogP contribution in [0.25, 0.3) is 0 Å². The Hall–Kier alpha value is -2.00. The molecular weight excluding hydrogens is 400 g/mol. The van der Waals surface area contributed by atoms with Crippen molar-refractivity contribution in [1.82, 2.24) is 19.9 Å². The van der Waals surface area contributed by atoms with Crippen LogP contribution < -0.4 is 10.0 Å². The minimum Gasteiger partial charge on any atom is -0.329 e. The number of amides is 1. The number of benzene rings is 1. The van der Waals surface area contributed by atoms with E-state index in [1.165, 1.54) is 12.1 Å². The van der Waals surface area contributed by atoms with Gasteiger partial charge in [-0.2, -0.15) is 0 Å². The molecule has 28 heavy (non-hydrogen) atoms. The number of rotatable bonds is 5. The molecule has 2 heterocycles. The topological polar surface area (TPSA) is 91.4 Å². The van der Waals surface area contributed by atoms with E-state index in [2.05, 4.69) is 15.0 Å². The molecule has 7 nitrogen and oxygen atoms in total. The van der Waals surface area contributed by atoms with Crippen LogP contribution in [0.15, 0.2) is 53.7 Å². The molecule has 1 atom stereocenters. The number of halogens is 1. The molecule has 150 valence electrons. The third-order valence-corrected chi connectivity index (χ3v) is 6.42. The van der Waals surface area contributed by atoms with Gasteiger partial charge in [0.2, 0.25) is 10.0 Å². The second-order valence-corrected chi connectivity index (χ2v) is 8.64. The first-order chi connectivity index (χ1) is 13.0. The van der Waals surface area contributed by atoms with Crippen LogP contribution in [0, 0.1) is 0 Å².